The van der Waals surface area contributed by atoms with Crippen molar-refractivity contribution in [3.8, 4) is 5.75 Å². The van der Waals surface area contributed by atoms with Gasteiger partial charge in [0.25, 0.3) is 5.56 Å². The lowest BCUT2D eigenvalue weighted by atomic mass is 9.93. The Hall–Kier alpha value is -3.15. The monoisotopic (exact) mass is 394 g/mol. The van der Waals surface area contributed by atoms with E-state index in [9.17, 15) is 14.0 Å². The van der Waals surface area contributed by atoms with Crippen LogP contribution in [-0.2, 0) is 11.2 Å². The quantitative estimate of drug-likeness (QED) is 0.644. The Labute approximate surface area is 167 Å². The van der Waals surface area contributed by atoms with Gasteiger partial charge in [-0.25, -0.2) is 4.39 Å². The van der Waals surface area contributed by atoms with Gasteiger partial charge in [0.15, 0.2) is 0 Å². The van der Waals surface area contributed by atoms with Crippen molar-refractivity contribution in [1.29, 1.82) is 0 Å². The molecule has 1 aromatic heterocycles. The van der Waals surface area contributed by atoms with Crippen molar-refractivity contribution in [2.24, 2.45) is 5.92 Å². The third kappa shape index (κ3) is 4.31. The molecule has 1 unspecified atom stereocenters. The summed E-state index contributed by atoms with van der Waals surface area (Å²) in [4.78, 5) is 28.0. The van der Waals surface area contributed by atoms with Gasteiger partial charge in [0.1, 0.15) is 11.6 Å². The molecule has 29 heavy (non-hydrogen) atoms. The van der Waals surface area contributed by atoms with Crippen LogP contribution in [0.5, 0.6) is 5.75 Å². The van der Waals surface area contributed by atoms with Crippen LogP contribution in [0.3, 0.4) is 0 Å². The lowest BCUT2D eigenvalue weighted by molar-refractivity contribution is -0.123. The van der Waals surface area contributed by atoms with Crippen molar-refractivity contribution >= 4 is 16.8 Å². The Bertz CT molecular complexity index is 1090. The van der Waals surface area contributed by atoms with E-state index in [1.165, 1.54) is 12.1 Å². The van der Waals surface area contributed by atoms with E-state index >= 15 is 0 Å². The molecule has 1 heterocycles. The number of hydrogen-bond acceptors (Lipinski definition) is 3. The largest absolute Gasteiger partial charge is 0.497 e. The first-order valence-corrected chi connectivity index (χ1v) is 9.78. The molecular weight excluding hydrogens is 371 g/mol. The molecule has 2 N–H and O–H groups in total. The number of nitrogens with one attached hydrogen (secondary N) is 2. The number of halogens is 1. The maximum atomic E-state index is 13.2. The summed E-state index contributed by atoms with van der Waals surface area (Å²) in [6.45, 7) is 0.369. The SMILES string of the molecule is COc1ccc2cc(CCNC(=O)C(c3ccc(F)cc3)C3CC3)c(=O)[nH]c2c1. The number of methoxy groups -OCH3 is 1. The van der Waals surface area contributed by atoms with Crippen molar-refractivity contribution in [3.05, 3.63) is 75.8 Å². The van der Waals surface area contributed by atoms with Gasteiger partial charge in [-0.15, -0.1) is 0 Å². The number of amides is 1. The number of aromatic nitrogens is 1. The molecule has 1 fully saturated rings. The van der Waals surface area contributed by atoms with Crippen LogP contribution in [0.15, 0.2) is 53.3 Å². The van der Waals surface area contributed by atoms with Crippen LogP contribution in [0.4, 0.5) is 4.39 Å². The normalized spacial score (nSPS) is 14.6. The van der Waals surface area contributed by atoms with Gasteiger partial charge >= 0.3 is 0 Å². The number of fused-ring (bicyclic) bond motifs is 1. The van der Waals surface area contributed by atoms with Gasteiger partial charge in [-0.2, -0.15) is 0 Å². The van der Waals surface area contributed by atoms with E-state index in [1.807, 2.05) is 18.2 Å². The summed E-state index contributed by atoms with van der Waals surface area (Å²) in [7, 11) is 1.58. The summed E-state index contributed by atoms with van der Waals surface area (Å²) in [6.07, 6.45) is 2.44. The molecule has 0 aliphatic heterocycles. The fourth-order valence-electron chi connectivity index (χ4n) is 3.71. The average molecular weight is 394 g/mol. The van der Waals surface area contributed by atoms with Crippen LogP contribution in [0.1, 0.15) is 29.9 Å². The Morgan fingerprint density at radius 3 is 2.66 bits per heavy atom. The molecule has 3 aromatic rings. The Morgan fingerprint density at radius 2 is 1.97 bits per heavy atom. The second kappa shape index (κ2) is 8.07. The van der Waals surface area contributed by atoms with E-state index in [0.717, 1.165) is 23.8 Å². The standard InChI is InChI=1S/C23H23FN2O3/c1-29-19-9-6-16-12-17(22(27)26-20(16)13-19)10-11-25-23(28)21(14-2-3-14)15-4-7-18(24)8-5-15/h4-9,12-14,21H,2-3,10-11H2,1H3,(H,25,28)(H,26,27). The number of ether oxygens (including phenoxy) is 1. The third-order valence-electron chi connectivity index (χ3n) is 5.43. The maximum absolute atomic E-state index is 13.2. The van der Waals surface area contributed by atoms with Crippen LogP contribution in [0.25, 0.3) is 10.9 Å². The highest BCUT2D eigenvalue weighted by Crippen LogP contribution is 2.42. The highest BCUT2D eigenvalue weighted by Gasteiger charge is 2.37. The third-order valence-corrected chi connectivity index (χ3v) is 5.43. The van der Waals surface area contributed by atoms with Crippen LogP contribution in [0, 0.1) is 11.7 Å². The minimum absolute atomic E-state index is 0.0685. The minimum atomic E-state index is -0.308. The van der Waals surface area contributed by atoms with E-state index in [4.69, 9.17) is 4.74 Å². The topological polar surface area (TPSA) is 71.2 Å². The molecule has 1 aliphatic carbocycles. The maximum Gasteiger partial charge on any atom is 0.251 e. The van der Waals surface area contributed by atoms with E-state index in [2.05, 4.69) is 10.3 Å². The summed E-state index contributed by atoms with van der Waals surface area (Å²) < 4.78 is 18.4. The fourth-order valence-corrected chi connectivity index (χ4v) is 3.71. The highest BCUT2D eigenvalue weighted by atomic mass is 19.1. The second-order valence-corrected chi connectivity index (χ2v) is 7.48. The molecular formula is C23H23FN2O3. The summed E-state index contributed by atoms with van der Waals surface area (Å²) in [6, 6.07) is 13.5. The Morgan fingerprint density at radius 1 is 1.21 bits per heavy atom. The first-order valence-electron chi connectivity index (χ1n) is 9.78. The molecule has 4 rings (SSSR count). The van der Waals surface area contributed by atoms with E-state index in [-0.39, 0.29) is 23.2 Å². The van der Waals surface area contributed by atoms with Gasteiger partial charge in [-0.3, -0.25) is 9.59 Å². The van der Waals surface area contributed by atoms with Gasteiger partial charge in [0, 0.05) is 18.2 Å². The van der Waals surface area contributed by atoms with Gasteiger partial charge in [0.2, 0.25) is 5.91 Å². The predicted octanol–water partition coefficient (Wildman–Crippen LogP) is 3.53. The lowest BCUT2D eigenvalue weighted by Gasteiger charge is -2.17. The van der Waals surface area contributed by atoms with E-state index < -0.39 is 0 Å². The molecule has 1 amide bonds. The summed E-state index contributed by atoms with van der Waals surface area (Å²) >= 11 is 0. The van der Waals surface area contributed by atoms with Gasteiger partial charge in [0.05, 0.1) is 18.5 Å². The smallest absolute Gasteiger partial charge is 0.251 e. The van der Waals surface area contributed by atoms with Gasteiger partial charge in [-0.1, -0.05) is 12.1 Å². The molecule has 1 aliphatic rings. The van der Waals surface area contributed by atoms with Crippen molar-refractivity contribution in [3.63, 3.8) is 0 Å². The van der Waals surface area contributed by atoms with Crippen LogP contribution in [0.2, 0.25) is 0 Å². The summed E-state index contributed by atoms with van der Waals surface area (Å²) in [5, 5.41) is 3.86. The molecule has 1 atom stereocenters. The Balaban J connectivity index is 1.43. The number of pyridine rings is 1. The first-order chi connectivity index (χ1) is 14.0. The van der Waals surface area contributed by atoms with Crippen molar-refractivity contribution in [1.82, 2.24) is 10.3 Å². The molecule has 0 bridgehead atoms. The van der Waals surface area contributed by atoms with Crippen molar-refractivity contribution in [2.45, 2.75) is 25.2 Å². The highest BCUT2D eigenvalue weighted by molar-refractivity contribution is 5.84. The molecule has 0 radical (unpaired) electrons. The molecule has 1 saturated carbocycles. The second-order valence-electron chi connectivity index (χ2n) is 7.48. The van der Waals surface area contributed by atoms with Gasteiger partial charge < -0.3 is 15.0 Å². The van der Waals surface area contributed by atoms with Crippen LogP contribution in [-0.4, -0.2) is 24.5 Å². The number of carbonyl (C=O) groups is 1. The van der Waals surface area contributed by atoms with E-state index in [0.29, 0.717) is 35.7 Å². The summed E-state index contributed by atoms with van der Waals surface area (Å²) in [5.74, 6) is 0.343. The predicted molar refractivity (Wildman–Crippen MR) is 110 cm³/mol. The van der Waals surface area contributed by atoms with Gasteiger partial charge in [-0.05, 0) is 66.5 Å². The molecule has 2 aromatic carbocycles. The number of rotatable bonds is 7. The Kier molecular flexibility index (Phi) is 5.34. The number of carbonyl (C=O) groups excluding carboxylic acids is 1. The number of benzene rings is 2. The van der Waals surface area contributed by atoms with Crippen molar-refractivity contribution in [2.75, 3.05) is 13.7 Å². The lowest BCUT2D eigenvalue weighted by Crippen LogP contribution is -2.32. The summed E-state index contributed by atoms with van der Waals surface area (Å²) in [5.41, 5.74) is 2.00. The molecule has 0 saturated heterocycles. The van der Waals surface area contributed by atoms with Crippen LogP contribution < -0.4 is 15.6 Å². The fraction of sp³-hybridized carbons (Fsp3) is 0.304. The zero-order valence-corrected chi connectivity index (χ0v) is 16.2. The van der Waals surface area contributed by atoms with Crippen LogP contribution >= 0.6 is 0 Å². The zero-order chi connectivity index (χ0) is 20.4. The number of H-pyrrole nitrogens is 1. The zero-order valence-electron chi connectivity index (χ0n) is 16.2. The van der Waals surface area contributed by atoms with E-state index in [1.54, 1.807) is 25.3 Å². The minimum Gasteiger partial charge on any atom is -0.497 e. The molecule has 6 heteroatoms. The van der Waals surface area contributed by atoms with Crippen molar-refractivity contribution < 1.29 is 13.9 Å². The molecule has 5 nitrogen and oxygen atoms in total. The molecule has 0 spiro atoms. The first kappa shape index (κ1) is 19.2. The molecule has 150 valence electrons. The number of aromatic amines is 1. The number of hydrogen-bond donors (Lipinski definition) is 2. The average Bonchev–Trinajstić information content (AvgIpc) is 3.54.